The maximum absolute atomic E-state index is 5.70. The highest BCUT2D eigenvalue weighted by atomic mass is 35.5. The van der Waals surface area contributed by atoms with E-state index in [1.807, 2.05) is 25.1 Å². The Morgan fingerprint density at radius 3 is 2.73 bits per heavy atom. The van der Waals surface area contributed by atoms with E-state index in [2.05, 4.69) is 0 Å². The second kappa shape index (κ2) is 3.63. The first-order valence-electron chi connectivity index (χ1n) is 3.47. The van der Waals surface area contributed by atoms with Crippen LogP contribution in [-0.4, -0.2) is 7.11 Å². The number of aryl methyl sites for hydroxylation is 1. The summed E-state index contributed by atoms with van der Waals surface area (Å²) in [6.07, 6.45) is 0. The van der Waals surface area contributed by atoms with Crippen LogP contribution in [0.2, 0.25) is 0 Å². The van der Waals surface area contributed by atoms with E-state index in [9.17, 15) is 0 Å². The minimum absolute atomic E-state index is 0.505. The standard InChI is InChI=1S/C9H11ClO/c1-7-3-4-9(11-2)8(5-7)6-10/h3-5H,6H2,1-2H3. The number of hydrogen-bond donors (Lipinski definition) is 0. The number of alkyl halides is 1. The van der Waals surface area contributed by atoms with Crippen LogP contribution in [0.3, 0.4) is 0 Å². The van der Waals surface area contributed by atoms with Crippen molar-refractivity contribution in [1.29, 1.82) is 0 Å². The van der Waals surface area contributed by atoms with Gasteiger partial charge in [0.25, 0.3) is 0 Å². The lowest BCUT2D eigenvalue weighted by molar-refractivity contribution is 0.411. The molecule has 0 N–H and O–H groups in total. The van der Waals surface area contributed by atoms with Crippen LogP contribution < -0.4 is 4.74 Å². The summed E-state index contributed by atoms with van der Waals surface area (Å²) in [5, 5.41) is 0. The molecule has 1 nitrogen and oxygen atoms in total. The fraction of sp³-hybridized carbons (Fsp3) is 0.333. The van der Waals surface area contributed by atoms with Gasteiger partial charge in [0.2, 0.25) is 0 Å². The molecule has 0 aliphatic rings. The van der Waals surface area contributed by atoms with E-state index in [0.29, 0.717) is 5.88 Å². The molecule has 0 aliphatic carbocycles. The molecule has 0 heterocycles. The Labute approximate surface area is 71.9 Å². The Hall–Kier alpha value is -0.690. The first kappa shape index (κ1) is 8.41. The van der Waals surface area contributed by atoms with Crippen molar-refractivity contribution in [3.05, 3.63) is 29.3 Å². The van der Waals surface area contributed by atoms with E-state index in [-0.39, 0.29) is 0 Å². The summed E-state index contributed by atoms with van der Waals surface area (Å²) in [5.74, 6) is 1.37. The van der Waals surface area contributed by atoms with Gasteiger partial charge in [0.1, 0.15) is 5.75 Å². The average molecular weight is 171 g/mol. The summed E-state index contributed by atoms with van der Waals surface area (Å²) in [4.78, 5) is 0. The molecule has 0 aromatic heterocycles. The molecule has 0 aliphatic heterocycles. The second-order valence-electron chi connectivity index (χ2n) is 2.45. The average Bonchev–Trinajstić information content (AvgIpc) is 2.04. The van der Waals surface area contributed by atoms with Crippen molar-refractivity contribution in [3.8, 4) is 5.75 Å². The Balaban J connectivity index is 3.06. The zero-order chi connectivity index (χ0) is 8.27. The van der Waals surface area contributed by atoms with E-state index in [4.69, 9.17) is 16.3 Å². The molecule has 1 rings (SSSR count). The Bertz CT molecular complexity index is 245. The van der Waals surface area contributed by atoms with E-state index in [0.717, 1.165) is 11.3 Å². The van der Waals surface area contributed by atoms with E-state index in [1.165, 1.54) is 5.56 Å². The molecule has 2 heteroatoms. The third kappa shape index (κ3) is 1.87. The van der Waals surface area contributed by atoms with E-state index >= 15 is 0 Å². The predicted molar refractivity (Wildman–Crippen MR) is 47.3 cm³/mol. The van der Waals surface area contributed by atoms with Gasteiger partial charge < -0.3 is 4.74 Å². The van der Waals surface area contributed by atoms with Gasteiger partial charge in [-0.3, -0.25) is 0 Å². The number of rotatable bonds is 2. The monoisotopic (exact) mass is 170 g/mol. The Kier molecular flexibility index (Phi) is 2.77. The molecule has 1 aromatic carbocycles. The van der Waals surface area contributed by atoms with Gasteiger partial charge in [0, 0.05) is 5.56 Å². The molecular formula is C9H11ClO. The zero-order valence-electron chi connectivity index (χ0n) is 6.73. The SMILES string of the molecule is COc1ccc(C)cc1CCl. The van der Waals surface area contributed by atoms with Crippen LogP contribution in [0, 0.1) is 6.92 Å². The fourth-order valence-electron chi connectivity index (χ4n) is 1.01. The minimum atomic E-state index is 0.505. The smallest absolute Gasteiger partial charge is 0.123 e. The minimum Gasteiger partial charge on any atom is -0.496 e. The van der Waals surface area contributed by atoms with Gasteiger partial charge in [-0.05, 0) is 13.0 Å². The van der Waals surface area contributed by atoms with Gasteiger partial charge in [0.05, 0.1) is 13.0 Å². The molecule has 0 saturated heterocycles. The summed E-state index contributed by atoms with van der Waals surface area (Å²) in [7, 11) is 1.65. The molecule has 0 bridgehead atoms. The molecule has 60 valence electrons. The molecule has 11 heavy (non-hydrogen) atoms. The largest absolute Gasteiger partial charge is 0.496 e. The third-order valence-corrected chi connectivity index (χ3v) is 1.87. The molecular weight excluding hydrogens is 160 g/mol. The number of hydrogen-bond acceptors (Lipinski definition) is 1. The Morgan fingerprint density at radius 1 is 1.45 bits per heavy atom. The highest BCUT2D eigenvalue weighted by Gasteiger charge is 1.99. The van der Waals surface area contributed by atoms with Crippen molar-refractivity contribution in [1.82, 2.24) is 0 Å². The third-order valence-electron chi connectivity index (χ3n) is 1.58. The summed E-state index contributed by atoms with van der Waals surface area (Å²) >= 11 is 5.70. The predicted octanol–water partition coefficient (Wildman–Crippen LogP) is 2.74. The van der Waals surface area contributed by atoms with E-state index in [1.54, 1.807) is 7.11 Å². The summed E-state index contributed by atoms with van der Waals surface area (Å²) < 4.78 is 5.11. The van der Waals surface area contributed by atoms with Gasteiger partial charge in [-0.15, -0.1) is 11.6 Å². The van der Waals surface area contributed by atoms with Crippen LogP contribution in [0.4, 0.5) is 0 Å². The normalized spacial score (nSPS) is 9.73. The van der Waals surface area contributed by atoms with Crippen molar-refractivity contribution in [2.75, 3.05) is 7.11 Å². The summed E-state index contributed by atoms with van der Waals surface area (Å²) in [6.45, 7) is 2.04. The summed E-state index contributed by atoms with van der Waals surface area (Å²) in [5.41, 5.74) is 2.26. The quantitative estimate of drug-likeness (QED) is 0.621. The fourth-order valence-corrected chi connectivity index (χ4v) is 1.22. The number of methoxy groups -OCH3 is 1. The zero-order valence-corrected chi connectivity index (χ0v) is 7.48. The number of benzene rings is 1. The van der Waals surface area contributed by atoms with Gasteiger partial charge in [-0.1, -0.05) is 17.7 Å². The van der Waals surface area contributed by atoms with Crippen LogP contribution >= 0.6 is 11.6 Å². The van der Waals surface area contributed by atoms with Gasteiger partial charge in [0.15, 0.2) is 0 Å². The molecule has 0 amide bonds. The first-order chi connectivity index (χ1) is 5.27. The highest BCUT2D eigenvalue weighted by molar-refractivity contribution is 6.17. The maximum Gasteiger partial charge on any atom is 0.123 e. The second-order valence-corrected chi connectivity index (χ2v) is 2.72. The van der Waals surface area contributed by atoms with Crippen LogP contribution in [0.5, 0.6) is 5.75 Å². The topological polar surface area (TPSA) is 9.23 Å². The van der Waals surface area contributed by atoms with Crippen molar-refractivity contribution in [3.63, 3.8) is 0 Å². The molecule has 0 saturated carbocycles. The molecule has 0 radical (unpaired) electrons. The van der Waals surface area contributed by atoms with Crippen molar-refractivity contribution >= 4 is 11.6 Å². The van der Waals surface area contributed by atoms with Crippen LogP contribution in [-0.2, 0) is 5.88 Å². The Morgan fingerprint density at radius 2 is 2.18 bits per heavy atom. The number of halogens is 1. The van der Waals surface area contributed by atoms with Gasteiger partial charge >= 0.3 is 0 Å². The molecule has 0 unspecified atom stereocenters. The summed E-state index contributed by atoms with van der Waals surface area (Å²) in [6, 6.07) is 5.98. The van der Waals surface area contributed by atoms with Crippen LogP contribution in [0.25, 0.3) is 0 Å². The van der Waals surface area contributed by atoms with Crippen molar-refractivity contribution < 1.29 is 4.74 Å². The maximum atomic E-state index is 5.70. The highest BCUT2D eigenvalue weighted by Crippen LogP contribution is 2.20. The lowest BCUT2D eigenvalue weighted by Gasteiger charge is -2.05. The van der Waals surface area contributed by atoms with Gasteiger partial charge in [-0.2, -0.15) is 0 Å². The van der Waals surface area contributed by atoms with Crippen molar-refractivity contribution in [2.24, 2.45) is 0 Å². The lowest BCUT2D eigenvalue weighted by atomic mass is 10.1. The molecule has 0 atom stereocenters. The number of ether oxygens (including phenoxy) is 1. The molecule has 0 spiro atoms. The van der Waals surface area contributed by atoms with Crippen LogP contribution in [0.1, 0.15) is 11.1 Å². The first-order valence-corrected chi connectivity index (χ1v) is 4.01. The van der Waals surface area contributed by atoms with Gasteiger partial charge in [-0.25, -0.2) is 0 Å². The molecule has 1 aromatic rings. The molecule has 0 fully saturated rings. The van der Waals surface area contributed by atoms with E-state index < -0.39 is 0 Å². The van der Waals surface area contributed by atoms with Crippen LogP contribution in [0.15, 0.2) is 18.2 Å². The van der Waals surface area contributed by atoms with Crippen molar-refractivity contribution in [2.45, 2.75) is 12.8 Å². The lowest BCUT2D eigenvalue weighted by Crippen LogP contribution is -1.89.